The first-order chi connectivity index (χ1) is 9.47. The van der Waals surface area contributed by atoms with Gasteiger partial charge < -0.3 is 10.3 Å². The molecule has 20 heavy (non-hydrogen) atoms. The van der Waals surface area contributed by atoms with Crippen molar-refractivity contribution in [3.8, 4) is 0 Å². The number of aryl methyl sites for hydroxylation is 2. The zero-order valence-electron chi connectivity index (χ0n) is 12.4. The summed E-state index contributed by atoms with van der Waals surface area (Å²) in [6.07, 6.45) is 0.970. The molecule has 2 aromatic rings. The van der Waals surface area contributed by atoms with Crippen LogP contribution in [0.25, 0.3) is 0 Å². The maximum Gasteiger partial charge on any atom is 0.255 e. The van der Waals surface area contributed by atoms with Gasteiger partial charge in [-0.05, 0) is 45.6 Å². The van der Waals surface area contributed by atoms with Crippen molar-refractivity contribution in [3.05, 3.63) is 49.8 Å². The lowest BCUT2D eigenvalue weighted by molar-refractivity contribution is 0.473. The molecular formula is C15H21N3OS. The van der Waals surface area contributed by atoms with Crippen molar-refractivity contribution >= 4 is 11.3 Å². The van der Waals surface area contributed by atoms with Gasteiger partial charge in [0.2, 0.25) is 0 Å². The van der Waals surface area contributed by atoms with Gasteiger partial charge in [-0.3, -0.25) is 4.79 Å². The van der Waals surface area contributed by atoms with Gasteiger partial charge in [-0.1, -0.05) is 6.07 Å². The van der Waals surface area contributed by atoms with Gasteiger partial charge in [-0.25, -0.2) is 4.98 Å². The third-order valence-corrected chi connectivity index (χ3v) is 4.22. The third-order valence-electron chi connectivity index (χ3n) is 3.32. The molecule has 2 heterocycles. The van der Waals surface area contributed by atoms with Gasteiger partial charge in [-0.15, -0.1) is 11.3 Å². The van der Waals surface area contributed by atoms with Gasteiger partial charge in [0.25, 0.3) is 5.56 Å². The van der Waals surface area contributed by atoms with Gasteiger partial charge in [0.15, 0.2) is 0 Å². The smallest absolute Gasteiger partial charge is 0.255 e. The first-order valence-electron chi connectivity index (χ1n) is 6.83. The topological polar surface area (TPSA) is 57.8 Å². The van der Waals surface area contributed by atoms with Crippen LogP contribution in [0.5, 0.6) is 0 Å². The van der Waals surface area contributed by atoms with Crippen LogP contribution in [0.4, 0.5) is 0 Å². The van der Waals surface area contributed by atoms with Crippen molar-refractivity contribution in [2.75, 3.05) is 0 Å². The Labute approximate surface area is 123 Å². The van der Waals surface area contributed by atoms with Gasteiger partial charge >= 0.3 is 0 Å². The number of hydrogen-bond donors (Lipinski definition) is 2. The molecule has 5 heteroatoms. The summed E-state index contributed by atoms with van der Waals surface area (Å²) in [5.41, 5.74) is 1.49. The highest BCUT2D eigenvalue weighted by Gasteiger charge is 2.16. The van der Waals surface area contributed by atoms with Crippen molar-refractivity contribution in [2.45, 2.75) is 46.2 Å². The minimum atomic E-state index is -0.0432. The summed E-state index contributed by atoms with van der Waals surface area (Å²) in [4.78, 5) is 20.5. The highest BCUT2D eigenvalue weighted by atomic mass is 32.1. The highest BCUT2D eigenvalue weighted by Crippen LogP contribution is 2.15. The molecule has 0 radical (unpaired) electrons. The number of aromatic nitrogens is 2. The Morgan fingerprint density at radius 1 is 1.40 bits per heavy atom. The predicted molar refractivity (Wildman–Crippen MR) is 83.4 cm³/mol. The second-order valence-electron chi connectivity index (χ2n) is 5.22. The summed E-state index contributed by atoms with van der Waals surface area (Å²) in [6.45, 7) is 7.84. The van der Waals surface area contributed by atoms with Crippen LogP contribution in [0.2, 0.25) is 0 Å². The van der Waals surface area contributed by atoms with E-state index in [0.29, 0.717) is 11.9 Å². The van der Waals surface area contributed by atoms with E-state index in [-0.39, 0.29) is 11.6 Å². The van der Waals surface area contributed by atoms with Crippen molar-refractivity contribution in [1.29, 1.82) is 0 Å². The molecule has 2 atom stereocenters. The molecule has 0 aliphatic heterocycles. The molecule has 0 bridgehead atoms. The summed E-state index contributed by atoms with van der Waals surface area (Å²) in [6, 6.07) is 4.50. The molecule has 0 fully saturated rings. The lowest BCUT2D eigenvalue weighted by Crippen LogP contribution is -2.34. The van der Waals surface area contributed by atoms with E-state index in [9.17, 15) is 4.79 Å². The number of hydrogen-bond acceptors (Lipinski definition) is 4. The maximum atomic E-state index is 12.1. The zero-order valence-corrected chi connectivity index (χ0v) is 13.2. The average Bonchev–Trinajstić information content (AvgIpc) is 2.79. The van der Waals surface area contributed by atoms with E-state index in [1.54, 1.807) is 18.3 Å². The SMILES string of the molecule is Cc1nc(C)c(C(C)NC(C)Cc2cccs2)c(=O)[nH]1. The maximum absolute atomic E-state index is 12.1. The largest absolute Gasteiger partial charge is 0.310 e. The number of nitrogens with zero attached hydrogens (tertiary/aromatic N) is 1. The molecule has 0 spiro atoms. The summed E-state index contributed by atoms with van der Waals surface area (Å²) in [7, 11) is 0. The molecule has 2 N–H and O–H groups in total. The van der Waals surface area contributed by atoms with E-state index in [1.165, 1.54) is 4.88 Å². The Balaban J connectivity index is 2.08. The number of rotatable bonds is 5. The van der Waals surface area contributed by atoms with Crippen LogP contribution in [0, 0.1) is 13.8 Å². The first kappa shape index (κ1) is 14.9. The summed E-state index contributed by atoms with van der Waals surface area (Å²) >= 11 is 1.76. The number of H-pyrrole nitrogens is 1. The number of thiophene rings is 1. The Hall–Kier alpha value is -1.46. The Bertz CT molecular complexity index is 619. The molecule has 4 nitrogen and oxygen atoms in total. The van der Waals surface area contributed by atoms with Crippen LogP contribution in [0.1, 0.15) is 41.8 Å². The summed E-state index contributed by atoms with van der Waals surface area (Å²) < 4.78 is 0. The van der Waals surface area contributed by atoms with E-state index >= 15 is 0 Å². The predicted octanol–water partition coefficient (Wildman–Crippen LogP) is 2.73. The fourth-order valence-electron chi connectivity index (χ4n) is 2.55. The van der Waals surface area contributed by atoms with Crippen molar-refractivity contribution < 1.29 is 0 Å². The molecule has 0 aliphatic carbocycles. The molecular weight excluding hydrogens is 270 g/mol. The van der Waals surface area contributed by atoms with E-state index in [0.717, 1.165) is 17.7 Å². The molecule has 108 valence electrons. The lowest BCUT2D eigenvalue weighted by Gasteiger charge is -2.20. The quantitative estimate of drug-likeness (QED) is 0.890. The second kappa shape index (κ2) is 6.33. The summed E-state index contributed by atoms with van der Waals surface area (Å²) in [5, 5.41) is 5.57. The van der Waals surface area contributed by atoms with Crippen molar-refractivity contribution in [2.24, 2.45) is 0 Å². The van der Waals surface area contributed by atoms with Crippen LogP contribution < -0.4 is 10.9 Å². The average molecular weight is 291 g/mol. The Morgan fingerprint density at radius 2 is 2.15 bits per heavy atom. The first-order valence-corrected chi connectivity index (χ1v) is 7.71. The Kier molecular flexibility index (Phi) is 4.73. The van der Waals surface area contributed by atoms with E-state index < -0.39 is 0 Å². The van der Waals surface area contributed by atoms with Crippen molar-refractivity contribution in [3.63, 3.8) is 0 Å². The summed E-state index contributed by atoms with van der Waals surface area (Å²) in [5.74, 6) is 0.662. The van der Waals surface area contributed by atoms with Crippen LogP contribution >= 0.6 is 11.3 Å². The van der Waals surface area contributed by atoms with E-state index in [4.69, 9.17) is 0 Å². The van der Waals surface area contributed by atoms with E-state index in [1.807, 2.05) is 13.8 Å². The molecule has 2 aromatic heterocycles. The molecule has 0 aromatic carbocycles. The van der Waals surface area contributed by atoms with E-state index in [2.05, 4.69) is 39.7 Å². The Morgan fingerprint density at radius 3 is 2.75 bits per heavy atom. The van der Waals surface area contributed by atoms with Gasteiger partial charge in [0.1, 0.15) is 5.82 Å². The standard InChI is InChI=1S/C15H21N3OS/c1-9(8-13-6-5-7-20-13)16-10(2)14-11(3)17-12(4)18-15(14)19/h5-7,9-10,16H,8H2,1-4H3,(H,17,18,19). The van der Waals surface area contributed by atoms with Crippen LogP contribution in [-0.4, -0.2) is 16.0 Å². The minimum absolute atomic E-state index is 0.0122. The molecule has 2 rings (SSSR count). The molecule has 0 saturated carbocycles. The van der Waals surface area contributed by atoms with Gasteiger partial charge in [-0.2, -0.15) is 0 Å². The highest BCUT2D eigenvalue weighted by molar-refractivity contribution is 7.09. The molecule has 0 saturated heterocycles. The molecule has 2 unspecified atom stereocenters. The number of nitrogens with one attached hydrogen (secondary N) is 2. The van der Waals surface area contributed by atoms with Gasteiger partial charge in [0.05, 0.1) is 5.56 Å². The van der Waals surface area contributed by atoms with Crippen LogP contribution in [0.15, 0.2) is 22.3 Å². The minimum Gasteiger partial charge on any atom is -0.310 e. The third kappa shape index (κ3) is 3.55. The van der Waals surface area contributed by atoms with Crippen LogP contribution in [-0.2, 0) is 6.42 Å². The normalized spacial score (nSPS) is 14.2. The zero-order chi connectivity index (χ0) is 14.7. The molecule has 0 amide bonds. The fraction of sp³-hybridized carbons (Fsp3) is 0.467. The monoisotopic (exact) mass is 291 g/mol. The van der Waals surface area contributed by atoms with Crippen molar-refractivity contribution in [1.82, 2.24) is 15.3 Å². The molecule has 0 aliphatic rings. The number of aromatic amines is 1. The van der Waals surface area contributed by atoms with Crippen LogP contribution in [0.3, 0.4) is 0 Å². The van der Waals surface area contributed by atoms with Gasteiger partial charge in [0, 0.05) is 22.7 Å². The second-order valence-corrected chi connectivity index (χ2v) is 6.26. The fourth-order valence-corrected chi connectivity index (χ4v) is 3.38. The lowest BCUT2D eigenvalue weighted by atomic mass is 10.1.